The number of nitrogens with zero attached hydrogens (tertiary/aromatic N) is 2. The molecule has 2 aromatic rings. The second-order valence-electron chi connectivity index (χ2n) is 3.49. The Bertz CT molecular complexity index is 649. The monoisotopic (exact) mass is 281 g/mol. The topological polar surface area (TPSA) is 94.3 Å². The van der Waals surface area contributed by atoms with E-state index in [2.05, 4.69) is 15.5 Å². The largest absolute Gasteiger partial charge is 0.490 e. The Kier molecular flexibility index (Phi) is 3.91. The Hall–Kier alpha value is -2.22. The molecule has 0 unspecified atom stereocenters. The van der Waals surface area contributed by atoms with E-state index in [0.717, 1.165) is 23.8 Å². The highest BCUT2D eigenvalue weighted by molar-refractivity contribution is 7.15. The first-order valence-electron chi connectivity index (χ1n) is 5.44. The minimum atomic E-state index is -0.557. The van der Waals surface area contributed by atoms with Gasteiger partial charge >= 0.3 is 0 Å². The Labute approximate surface area is 112 Å². The van der Waals surface area contributed by atoms with Gasteiger partial charge in [0, 0.05) is 6.07 Å². The lowest BCUT2D eigenvalue weighted by molar-refractivity contribution is 0.0993. The summed E-state index contributed by atoms with van der Waals surface area (Å²) in [6.07, 6.45) is 1.83. The molecule has 1 N–H and O–H groups in total. The summed E-state index contributed by atoms with van der Waals surface area (Å²) < 4.78 is 9.77. The molecule has 0 saturated heterocycles. The molecule has 0 fully saturated rings. The molecule has 1 amide bonds. The SMILES string of the molecule is CCc1nnc(NC(=O)c2cc(=O)c(OC)co2)s1. The fourth-order valence-corrected chi connectivity index (χ4v) is 1.95. The third-order valence-electron chi connectivity index (χ3n) is 2.23. The molecule has 0 spiro atoms. The minimum Gasteiger partial charge on any atom is -0.490 e. The maximum absolute atomic E-state index is 11.8. The van der Waals surface area contributed by atoms with Gasteiger partial charge < -0.3 is 9.15 Å². The number of aryl methyl sites for hydroxylation is 1. The zero-order valence-corrected chi connectivity index (χ0v) is 11.1. The number of methoxy groups -OCH3 is 1. The molecule has 0 saturated carbocycles. The summed E-state index contributed by atoms with van der Waals surface area (Å²) in [5.74, 6) is -0.627. The Morgan fingerprint density at radius 3 is 2.89 bits per heavy atom. The zero-order chi connectivity index (χ0) is 13.8. The maximum Gasteiger partial charge on any atom is 0.293 e. The predicted octanol–water partition coefficient (Wildman–Crippen LogP) is 1.31. The number of nitrogens with one attached hydrogen (secondary N) is 1. The lowest BCUT2D eigenvalue weighted by atomic mass is 10.3. The number of carbonyl (C=O) groups is 1. The van der Waals surface area contributed by atoms with Crippen molar-refractivity contribution < 1.29 is 13.9 Å². The smallest absolute Gasteiger partial charge is 0.293 e. The molecule has 2 heterocycles. The first-order chi connectivity index (χ1) is 9.13. The molecular formula is C11H11N3O4S. The first-order valence-corrected chi connectivity index (χ1v) is 6.26. The second kappa shape index (κ2) is 5.61. The van der Waals surface area contributed by atoms with E-state index in [9.17, 15) is 9.59 Å². The lowest BCUT2D eigenvalue weighted by Crippen LogP contribution is -2.15. The van der Waals surface area contributed by atoms with Gasteiger partial charge in [-0.05, 0) is 6.42 Å². The van der Waals surface area contributed by atoms with E-state index in [-0.39, 0.29) is 11.5 Å². The molecule has 0 aromatic carbocycles. The van der Waals surface area contributed by atoms with Crippen LogP contribution in [0.4, 0.5) is 5.13 Å². The Morgan fingerprint density at radius 2 is 2.32 bits per heavy atom. The van der Waals surface area contributed by atoms with Crippen molar-refractivity contribution >= 4 is 22.4 Å². The molecule has 0 aliphatic rings. The summed E-state index contributed by atoms with van der Waals surface area (Å²) in [4.78, 5) is 23.3. The number of ether oxygens (including phenoxy) is 1. The van der Waals surface area contributed by atoms with Crippen molar-refractivity contribution in [2.45, 2.75) is 13.3 Å². The van der Waals surface area contributed by atoms with E-state index < -0.39 is 11.3 Å². The van der Waals surface area contributed by atoms with Gasteiger partial charge in [0.2, 0.25) is 16.3 Å². The third kappa shape index (κ3) is 2.97. The van der Waals surface area contributed by atoms with Gasteiger partial charge in [-0.1, -0.05) is 18.3 Å². The van der Waals surface area contributed by atoms with Crippen molar-refractivity contribution in [3.05, 3.63) is 33.3 Å². The van der Waals surface area contributed by atoms with Crippen molar-refractivity contribution in [3.8, 4) is 5.75 Å². The van der Waals surface area contributed by atoms with Crippen LogP contribution in [0.2, 0.25) is 0 Å². The van der Waals surface area contributed by atoms with Crippen LogP contribution >= 0.6 is 11.3 Å². The Morgan fingerprint density at radius 1 is 1.53 bits per heavy atom. The number of rotatable bonds is 4. The summed E-state index contributed by atoms with van der Waals surface area (Å²) in [7, 11) is 1.35. The molecule has 7 nitrogen and oxygen atoms in total. The van der Waals surface area contributed by atoms with Gasteiger partial charge in [-0.3, -0.25) is 14.9 Å². The summed E-state index contributed by atoms with van der Waals surface area (Å²) in [5.41, 5.74) is -0.426. The number of hydrogen-bond donors (Lipinski definition) is 1. The van der Waals surface area contributed by atoms with Crippen LogP contribution in [0, 0.1) is 0 Å². The molecule has 100 valence electrons. The van der Waals surface area contributed by atoms with E-state index >= 15 is 0 Å². The predicted molar refractivity (Wildman–Crippen MR) is 68.8 cm³/mol. The summed E-state index contributed by atoms with van der Waals surface area (Å²) in [5, 5.41) is 11.4. The average molecular weight is 281 g/mol. The van der Waals surface area contributed by atoms with E-state index in [0.29, 0.717) is 5.13 Å². The van der Waals surface area contributed by atoms with Gasteiger partial charge in [-0.25, -0.2) is 0 Å². The quantitative estimate of drug-likeness (QED) is 0.908. The van der Waals surface area contributed by atoms with Crippen molar-refractivity contribution in [1.82, 2.24) is 10.2 Å². The van der Waals surface area contributed by atoms with Crippen molar-refractivity contribution in [1.29, 1.82) is 0 Å². The van der Waals surface area contributed by atoms with E-state index in [1.807, 2.05) is 6.92 Å². The molecule has 19 heavy (non-hydrogen) atoms. The van der Waals surface area contributed by atoms with Crippen molar-refractivity contribution in [2.24, 2.45) is 0 Å². The molecule has 0 aliphatic heterocycles. The molecule has 2 rings (SSSR count). The fraction of sp³-hybridized carbons (Fsp3) is 0.273. The number of anilines is 1. The second-order valence-corrected chi connectivity index (χ2v) is 4.55. The summed E-state index contributed by atoms with van der Waals surface area (Å²) >= 11 is 1.27. The van der Waals surface area contributed by atoms with Gasteiger partial charge in [0.15, 0.2) is 5.76 Å². The number of hydrogen-bond acceptors (Lipinski definition) is 7. The highest BCUT2D eigenvalue weighted by Crippen LogP contribution is 2.16. The van der Waals surface area contributed by atoms with Crippen LogP contribution in [0.5, 0.6) is 5.75 Å². The minimum absolute atomic E-state index is 0.0423. The van der Waals surface area contributed by atoms with E-state index in [1.54, 1.807) is 0 Å². The van der Waals surface area contributed by atoms with Gasteiger partial charge in [0.25, 0.3) is 5.91 Å². The Balaban J connectivity index is 2.15. The van der Waals surface area contributed by atoms with Crippen LogP contribution < -0.4 is 15.5 Å². The average Bonchev–Trinajstić information content (AvgIpc) is 2.86. The number of carbonyl (C=O) groups excluding carboxylic acids is 1. The van der Waals surface area contributed by atoms with Crippen LogP contribution in [-0.4, -0.2) is 23.2 Å². The molecular weight excluding hydrogens is 270 g/mol. The molecule has 2 aromatic heterocycles. The molecule has 0 bridgehead atoms. The standard InChI is InChI=1S/C11H11N3O4S/c1-3-9-13-14-11(19-9)12-10(16)7-4-6(15)8(17-2)5-18-7/h4-5H,3H2,1-2H3,(H,12,14,16). The van der Waals surface area contributed by atoms with Gasteiger partial charge in [0.1, 0.15) is 11.3 Å². The van der Waals surface area contributed by atoms with Crippen LogP contribution in [0.25, 0.3) is 0 Å². The maximum atomic E-state index is 11.8. The van der Waals surface area contributed by atoms with Crippen LogP contribution in [0.1, 0.15) is 22.5 Å². The first kappa shape index (κ1) is 13.2. The molecule has 0 aliphatic carbocycles. The van der Waals surface area contributed by atoms with Crippen molar-refractivity contribution in [2.75, 3.05) is 12.4 Å². The summed E-state index contributed by atoms with van der Waals surface area (Å²) in [6.45, 7) is 1.94. The number of amides is 1. The number of aromatic nitrogens is 2. The van der Waals surface area contributed by atoms with Crippen LogP contribution in [0.15, 0.2) is 21.5 Å². The normalized spacial score (nSPS) is 10.2. The van der Waals surface area contributed by atoms with E-state index in [1.165, 1.54) is 18.4 Å². The molecule has 0 atom stereocenters. The third-order valence-corrected chi connectivity index (χ3v) is 3.21. The lowest BCUT2D eigenvalue weighted by Gasteiger charge is -2.01. The highest BCUT2D eigenvalue weighted by atomic mass is 32.1. The van der Waals surface area contributed by atoms with E-state index in [4.69, 9.17) is 9.15 Å². The van der Waals surface area contributed by atoms with Crippen LogP contribution in [-0.2, 0) is 6.42 Å². The highest BCUT2D eigenvalue weighted by Gasteiger charge is 2.14. The van der Waals surface area contributed by atoms with Gasteiger partial charge in [-0.15, -0.1) is 10.2 Å². The van der Waals surface area contributed by atoms with Gasteiger partial charge in [-0.2, -0.15) is 0 Å². The summed E-state index contributed by atoms with van der Waals surface area (Å²) in [6, 6.07) is 1.07. The molecule has 8 heteroatoms. The van der Waals surface area contributed by atoms with Crippen molar-refractivity contribution in [3.63, 3.8) is 0 Å². The van der Waals surface area contributed by atoms with Crippen LogP contribution in [0.3, 0.4) is 0 Å². The fourth-order valence-electron chi connectivity index (χ4n) is 1.27. The zero-order valence-electron chi connectivity index (χ0n) is 10.3. The van der Waals surface area contributed by atoms with Gasteiger partial charge in [0.05, 0.1) is 7.11 Å². The molecule has 0 radical (unpaired) electrons.